The molecular weight excluding hydrogens is 314 g/mol. The Morgan fingerprint density at radius 3 is 2.08 bits per heavy atom. The molecule has 0 aliphatic rings. The number of hydrogen-bond donors (Lipinski definition) is 0. The van der Waals surface area contributed by atoms with Crippen molar-refractivity contribution in [1.82, 2.24) is 9.78 Å². The van der Waals surface area contributed by atoms with Crippen LogP contribution in [0.2, 0.25) is 0 Å². The molecule has 3 aromatic rings. The number of halogens is 2. The van der Waals surface area contributed by atoms with E-state index in [1.165, 1.54) is 36.1 Å². The Morgan fingerprint density at radius 1 is 1.00 bits per heavy atom. The fraction of sp³-hybridized carbons (Fsp3) is 0.111. The van der Waals surface area contributed by atoms with Crippen molar-refractivity contribution in [2.75, 3.05) is 7.11 Å². The lowest BCUT2D eigenvalue weighted by atomic mass is 10.1. The number of methoxy groups -OCH3 is 1. The third-order valence-electron chi connectivity index (χ3n) is 3.57. The molecule has 0 radical (unpaired) electrons. The second-order valence-electron chi connectivity index (χ2n) is 5.16. The minimum Gasteiger partial charge on any atom is -0.468 e. The Balaban J connectivity index is 2.06. The van der Waals surface area contributed by atoms with Crippen LogP contribution in [0.4, 0.5) is 8.78 Å². The largest absolute Gasteiger partial charge is 0.468 e. The average molecular weight is 328 g/mol. The van der Waals surface area contributed by atoms with E-state index in [1.54, 1.807) is 30.3 Å². The molecule has 3 rings (SSSR count). The predicted octanol–water partition coefficient (Wildman–Crippen LogP) is 3.67. The van der Waals surface area contributed by atoms with Gasteiger partial charge in [0.2, 0.25) is 0 Å². The molecular formula is C18H14F2N2O2. The van der Waals surface area contributed by atoms with Gasteiger partial charge in [0.05, 0.1) is 18.5 Å². The van der Waals surface area contributed by atoms with Gasteiger partial charge >= 0.3 is 5.97 Å². The van der Waals surface area contributed by atoms with E-state index in [0.29, 0.717) is 22.5 Å². The molecule has 24 heavy (non-hydrogen) atoms. The standard InChI is InChI=1S/C18H14F2N2O2/c1-24-18(23)11-22-17(13-4-8-15(20)9-5-13)10-16(21-22)12-2-6-14(19)7-3-12/h2-10H,11H2,1H3. The highest BCUT2D eigenvalue weighted by Crippen LogP contribution is 2.26. The topological polar surface area (TPSA) is 44.1 Å². The molecule has 0 aliphatic carbocycles. The fourth-order valence-corrected chi connectivity index (χ4v) is 2.34. The highest BCUT2D eigenvalue weighted by molar-refractivity contribution is 5.73. The van der Waals surface area contributed by atoms with Gasteiger partial charge in [-0.3, -0.25) is 9.48 Å². The van der Waals surface area contributed by atoms with Crippen molar-refractivity contribution in [1.29, 1.82) is 0 Å². The van der Waals surface area contributed by atoms with Crippen LogP contribution in [0.5, 0.6) is 0 Å². The molecule has 0 unspecified atom stereocenters. The van der Waals surface area contributed by atoms with Crippen molar-refractivity contribution in [3.8, 4) is 22.5 Å². The van der Waals surface area contributed by atoms with Gasteiger partial charge in [0.15, 0.2) is 0 Å². The molecule has 122 valence electrons. The molecule has 0 spiro atoms. The summed E-state index contributed by atoms with van der Waals surface area (Å²) in [5.41, 5.74) is 2.64. The number of ether oxygens (including phenoxy) is 1. The molecule has 0 atom stereocenters. The summed E-state index contributed by atoms with van der Waals surface area (Å²) in [6, 6.07) is 13.5. The molecule has 0 saturated carbocycles. The molecule has 2 aromatic carbocycles. The van der Waals surface area contributed by atoms with Gasteiger partial charge in [0, 0.05) is 11.1 Å². The lowest BCUT2D eigenvalue weighted by molar-refractivity contribution is -0.141. The number of aromatic nitrogens is 2. The van der Waals surface area contributed by atoms with Crippen LogP contribution in [0.3, 0.4) is 0 Å². The van der Waals surface area contributed by atoms with Crippen molar-refractivity contribution >= 4 is 5.97 Å². The first-order chi connectivity index (χ1) is 11.6. The van der Waals surface area contributed by atoms with Gasteiger partial charge in [0.25, 0.3) is 0 Å². The second kappa shape index (κ2) is 6.62. The van der Waals surface area contributed by atoms with E-state index in [4.69, 9.17) is 0 Å². The molecule has 0 fully saturated rings. The van der Waals surface area contributed by atoms with Gasteiger partial charge in [-0.05, 0) is 54.6 Å². The number of esters is 1. The summed E-state index contributed by atoms with van der Waals surface area (Å²) in [4.78, 5) is 11.6. The van der Waals surface area contributed by atoms with Crippen molar-refractivity contribution in [3.05, 3.63) is 66.2 Å². The number of hydrogen-bond acceptors (Lipinski definition) is 3. The van der Waals surface area contributed by atoms with Crippen LogP contribution in [-0.2, 0) is 16.1 Å². The van der Waals surface area contributed by atoms with Gasteiger partial charge in [-0.1, -0.05) is 0 Å². The quantitative estimate of drug-likeness (QED) is 0.687. The van der Waals surface area contributed by atoms with E-state index in [1.807, 2.05) is 0 Å². The molecule has 1 aromatic heterocycles. The Hall–Kier alpha value is -3.02. The van der Waals surface area contributed by atoms with Crippen molar-refractivity contribution in [2.24, 2.45) is 0 Å². The number of carbonyl (C=O) groups is 1. The van der Waals surface area contributed by atoms with E-state index < -0.39 is 5.97 Å². The van der Waals surface area contributed by atoms with Gasteiger partial charge in [-0.15, -0.1) is 0 Å². The second-order valence-corrected chi connectivity index (χ2v) is 5.16. The SMILES string of the molecule is COC(=O)Cn1nc(-c2ccc(F)cc2)cc1-c1ccc(F)cc1. The highest BCUT2D eigenvalue weighted by atomic mass is 19.1. The Labute approximate surface area is 137 Å². The normalized spacial score (nSPS) is 10.6. The van der Waals surface area contributed by atoms with Crippen molar-refractivity contribution < 1.29 is 18.3 Å². The fourth-order valence-electron chi connectivity index (χ4n) is 2.34. The van der Waals surface area contributed by atoms with Crippen LogP contribution < -0.4 is 0 Å². The lowest BCUT2D eigenvalue weighted by Gasteiger charge is -2.06. The Morgan fingerprint density at radius 2 is 1.54 bits per heavy atom. The smallest absolute Gasteiger partial charge is 0.327 e. The number of benzene rings is 2. The summed E-state index contributed by atoms with van der Waals surface area (Å²) >= 11 is 0. The molecule has 1 heterocycles. The molecule has 0 N–H and O–H groups in total. The molecule has 4 nitrogen and oxygen atoms in total. The molecule has 0 bridgehead atoms. The first-order valence-corrected chi connectivity index (χ1v) is 7.23. The summed E-state index contributed by atoms with van der Waals surface area (Å²) in [7, 11) is 1.30. The van der Waals surface area contributed by atoms with Gasteiger partial charge in [0.1, 0.15) is 18.2 Å². The predicted molar refractivity (Wildman–Crippen MR) is 85.0 cm³/mol. The minimum atomic E-state index is -0.452. The van der Waals surface area contributed by atoms with Crippen LogP contribution in [-0.4, -0.2) is 22.9 Å². The first-order valence-electron chi connectivity index (χ1n) is 7.23. The third-order valence-corrected chi connectivity index (χ3v) is 3.57. The van der Waals surface area contributed by atoms with Crippen LogP contribution in [0, 0.1) is 11.6 Å². The summed E-state index contributed by atoms with van der Waals surface area (Å²) < 4.78 is 32.4. The zero-order valence-electron chi connectivity index (χ0n) is 12.9. The maximum absolute atomic E-state index is 13.1. The van der Waals surface area contributed by atoms with E-state index in [9.17, 15) is 13.6 Å². The number of carbonyl (C=O) groups excluding carboxylic acids is 1. The highest BCUT2D eigenvalue weighted by Gasteiger charge is 2.14. The van der Waals surface area contributed by atoms with E-state index in [-0.39, 0.29) is 18.2 Å². The maximum atomic E-state index is 13.1. The van der Waals surface area contributed by atoms with Crippen LogP contribution >= 0.6 is 0 Å². The molecule has 0 aliphatic heterocycles. The summed E-state index contributed by atoms with van der Waals surface area (Å²) in [5, 5.41) is 4.40. The van der Waals surface area contributed by atoms with Crippen LogP contribution in [0.25, 0.3) is 22.5 Å². The number of rotatable bonds is 4. The minimum absolute atomic E-state index is 0.0790. The average Bonchev–Trinajstić information content (AvgIpc) is 3.00. The van der Waals surface area contributed by atoms with Crippen LogP contribution in [0.1, 0.15) is 0 Å². The van der Waals surface area contributed by atoms with Crippen LogP contribution in [0.15, 0.2) is 54.6 Å². The summed E-state index contributed by atoms with van der Waals surface area (Å²) in [6.45, 7) is -0.0790. The zero-order valence-corrected chi connectivity index (χ0v) is 12.9. The van der Waals surface area contributed by atoms with Crippen molar-refractivity contribution in [3.63, 3.8) is 0 Å². The summed E-state index contributed by atoms with van der Waals surface area (Å²) in [6.07, 6.45) is 0. The maximum Gasteiger partial charge on any atom is 0.327 e. The number of nitrogens with zero attached hydrogens (tertiary/aromatic N) is 2. The van der Waals surface area contributed by atoms with E-state index >= 15 is 0 Å². The monoisotopic (exact) mass is 328 g/mol. The third kappa shape index (κ3) is 3.32. The molecule has 6 heteroatoms. The lowest BCUT2D eigenvalue weighted by Crippen LogP contribution is -2.13. The molecule has 0 amide bonds. The van der Waals surface area contributed by atoms with Crippen molar-refractivity contribution in [2.45, 2.75) is 6.54 Å². The first kappa shape index (κ1) is 15.9. The Kier molecular flexibility index (Phi) is 4.37. The van der Waals surface area contributed by atoms with Gasteiger partial charge in [-0.2, -0.15) is 5.10 Å². The van der Waals surface area contributed by atoms with E-state index in [0.717, 1.165) is 0 Å². The van der Waals surface area contributed by atoms with Gasteiger partial charge in [-0.25, -0.2) is 8.78 Å². The molecule has 0 saturated heterocycles. The Bertz CT molecular complexity index is 856. The summed E-state index contributed by atoms with van der Waals surface area (Å²) in [5.74, 6) is -1.14. The van der Waals surface area contributed by atoms with E-state index in [2.05, 4.69) is 9.84 Å². The van der Waals surface area contributed by atoms with Gasteiger partial charge < -0.3 is 4.74 Å². The zero-order chi connectivity index (χ0) is 17.1.